The summed E-state index contributed by atoms with van der Waals surface area (Å²) in [4.78, 5) is 24.7. The van der Waals surface area contributed by atoms with Crippen LogP contribution in [0.5, 0.6) is 11.5 Å². The number of benzene rings is 4. The zero-order valence-electron chi connectivity index (χ0n) is 29.3. The van der Waals surface area contributed by atoms with Gasteiger partial charge in [0.2, 0.25) is 0 Å². The SMILES string of the molecule is Cc1[n-]n(-c2ccccc2)c(=O)c1N=Nc1ccc(S(C)(=O)=O)cc1[O-].Cc1[n-]n(-c2ccccc2)c(=O)c1N=Nc1ccc(S(C)(=O)=O)cc1[O-].[Cr+3].[Na+]. The molecule has 0 atom stereocenters. The van der Waals surface area contributed by atoms with Gasteiger partial charge < -0.3 is 29.8 Å². The Morgan fingerprint density at radius 1 is 0.556 bits per heavy atom. The molecule has 54 heavy (non-hydrogen) atoms. The summed E-state index contributed by atoms with van der Waals surface area (Å²) >= 11 is 0. The van der Waals surface area contributed by atoms with E-state index < -0.39 is 42.3 Å². The third-order valence-corrected chi connectivity index (χ3v) is 9.43. The molecular formula is C34H28CrN8NaO8S2. The summed E-state index contributed by atoms with van der Waals surface area (Å²) in [6, 6.07) is 24.7. The number of hydrogen-bond acceptors (Lipinski definition) is 12. The fraction of sp³-hybridized carbons (Fsp3) is 0.118. The quantitative estimate of drug-likeness (QED) is 0.156. The maximum absolute atomic E-state index is 12.5. The van der Waals surface area contributed by atoms with Crippen LogP contribution in [0.1, 0.15) is 11.4 Å². The molecule has 6 aromatic rings. The molecule has 0 bridgehead atoms. The molecular weight excluding hydrogens is 788 g/mol. The Labute approximate surface area is 342 Å². The summed E-state index contributed by atoms with van der Waals surface area (Å²) < 4.78 is 48.2. The second-order valence-corrected chi connectivity index (χ2v) is 15.2. The number of sulfone groups is 2. The first-order valence-corrected chi connectivity index (χ1v) is 18.8. The zero-order valence-corrected chi connectivity index (χ0v) is 34.2. The van der Waals surface area contributed by atoms with Gasteiger partial charge in [-0.25, -0.2) is 16.8 Å². The topological polar surface area (TPSA) is 236 Å². The summed E-state index contributed by atoms with van der Waals surface area (Å²) in [6.07, 6.45) is 2.02. The van der Waals surface area contributed by atoms with Crippen LogP contribution in [0, 0.1) is 13.8 Å². The smallest absolute Gasteiger partial charge is 0.871 e. The van der Waals surface area contributed by atoms with Crippen molar-refractivity contribution in [2.75, 3.05) is 12.5 Å². The van der Waals surface area contributed by atoms with E-state index in [1.54, 1.807) is 62.4 Å². The van der Waals surface area contributed by atoms with E-state index in [-0.39, 0.29) is 79.5 Å². The van der Waals surface area contributed by atoms with E-state index in [2.05, 4.69) is 30.7 Å². The number of rotatable bonds is 8. The van der Waals surface area contributed by atoms with Crippen molar-refractivity contribution >= 4 is 42.4 Å². The number of nitrogens with zero attached hydrogens (tertiary/aromatic N) is 8. The van der Waals surface area contributed by atoms with Crippen molar-refractivity contribution < 1.29 is 74.0 Å². The molecule has 0 aliphatic heterocycles. The summed E-state index contributed by atoms with van der Waals surface area (Å²) in [5, 5.41) is 47.6. The first kappa shape index (κ1) is 43.5. The molecule has 2 aromatic heterocycles. The number of aromatic nitrogens is 4. The van der Waals surface area contributed by atoms with Gasteiger partial charge >= 0.3 is 46.9 Å². The van der Waals surface area contributed by atoms with Crippen molar-refractivity contribution in [1.29, 1.82) is 0 Å². The van der Waals surface area contributed by atoms with Crippen molar-refractivity contribution in [3.63, 3.8) is 0 Å². The van der Waals surface area contributed by atoms with Gasteiger partial charge in [0.25, 0.3) is 11.1 Å². The molecule has 16 nitrogen and oxygen atoms in total. The molecule has 0 unspecified atom stereocenters. The third-order valence-electron chi connectivity index (χ3n) is 7.21. The number of azo groups is 2. The molecule has 4 aromatic carbocycles. The van der Waals surface area contributed by atoms with E-state index in [4.69, 9.17) is 0 Å². The van der Waals surface area contributed by atoms with E-state index in [0.29, 0.717) is 22.8 Å². The molecule has 6 rings (SSSR count). The van der Waals surface area contributed by atoms with Crippen LogP contribution in [0.4, 0.5) is 22.7 Å². The van der Waals surface area contributed by atoms with E-state index in [0.717, 1.165) is 24.6 Å². The Morgan fingerprint density at radius 3 is 1.19 bits per heavy atom. The minimum Gasteiger partial charge on any atom is -0.871 e. The van der Waals surface area contributed by atoms with Gasteiger partial charge in [-0.05, 0) is 60.7 Å². The minimum absolute atomic E-state index is 0. The average molecular weight is 816 g/mol. The van der Waals surface area contributed by atoms with Crippen molar-refractivity contribution in [1.82, 2.24) is 19.6 Å². The van der Waals surface area contributed by atoms with Crippen LogP contribution in [0.25, 0.3) is 11.4 Å². The fourth-order valence-corrected chi connectivity index (χ4v) is 5.81. The van der Waals surface area contributed by atoms with Crippen LogP contribution >= 0.6 is 0 Å². The second kappa shape index (κ2) is 18.0. The van der Waals surface area contributed by atoms with Crippen LogP contribution in [0.15, 0.2) is 137 Å². The van der Waals surface area contributed by atoms with Crippen LogP contribution < -0.4 is 61.1 Å². The molecule has 0 aliphatic carbocycles. The number of aryl methyl sites for hydroxylation is 2. The average Bonchev–Trinajstić information content (AvgIpc) is 3.55. The summed E-state index contributed by atoms with van der Waals surface area (Å²) in [6.45, 7) is 3.22. The van der Waals surface area contributed by atoms with Crippen LogP contribution in [0.2, 0.25) is 0 Å². The standard InChI is InChI=1S/2C17H16N4O4S.Cr.Na/c2*1-11-16(17(23)21(20-11)12-6-4-3-5-7-12)19-18-14-9-8-13(10-15(14)22)26(2,24)25;;/h2*3-10H,1-2H3,(H2,18,19,20,22,23);;/q;;+3;+1/p-4. The first-order chi connectivity index (χ1) is 24.5. The van der Waals surface area contributed by atoms with Crippen molar-refractivity contribution in [2.24, 2.45) is 20.5 Å². The molecule has 0 saturated heterocycles. The van der Waals surface area contributed by atoms with E-state index in [1.807, 2.05) is 12.1 Å². The Morgan fingerprint density at radius 2 is 0.889 bits per heavy atom. The molecule has 0 saturated carbocycles. The summed E-state index contributed by atoms with van der Waals surface area (Å²) in [7, 11) is -6.97. The largest absolute Gasteiger partial charge is 3.00 e. The van der Waals surface area contributed by atoms with E-state index >= 15 is 0 Å². The number of hydrogen-bond donors (Lipinski definition) is 0. The summed E-state index contributed by atoms with van der Waals surface area (Å²) in [5.41, 5.74) is 0.877. The molecule has 0 spiro atoms. The van der Waals surface area contributed by atoms with Crippen molar-refractivity contribution in [3.05, 3.63) is 129 Å². The Hall–Kier alpha value is -4.87. The Kier molecular flexibility index (Phi) is 14.5. The van der Waals surface area contributed by atoms with Gasteiger partial charge in [-0.1, -0.05) is 61.7 Å². The maximum Gasteiger partial charge on any atom is 3.00 e. The van der Waals surface area contributed by atoms with Gasteiger partial charge in [0, 0.05) is 23.9 Å². The van der Waals surface area contributed by atoms with Gasteiger partial charge in [-0.15, -0.1) is 21.6 Å². The van der Waals surface area contributed by atoms with Crippen molar-refractivity contribution in [3.8, 4) is 22.9 Å². The Balaban J connectivity index is 0.000000280. The zero-order chi connectivity index (χ0) is 37.8. The van der Waals surface area contributed by atoms with Gasteiger partial charge in [-0.3, -0.25) is 9.59 Å². The van der Waals surface area contributed by atoms with E-state index in [9.17, 15) is 36.6 Å². The van der Waals surface area contributed by atoms with E-state index in [1.165, 1.54) is 33.6 Å². The van der Waals surface area contributed by atoms with Gasteiger partial charge in [-0.2, -0.15) is 10.2 Å². The van der Waals surface area contributed by atoms with Crippen LogP contribution in [-0.4, -0.2) is 38.7 Å². The molecule has 0 N–H and O–H groups in total. The molecule has 1 radical (unpaired) electrons. The van der Waals surface area contributed by atoms with Gasteiger partial charge in [0.05, 0.1) is 21.2 Å². The molecule has 0 amide bonds. The van der Waals surface area contributed by atoms with Crippen LogP contribution in [0.3, 0.4) is 0 Å². The van der Waals surface area contributed by atoms with Crippen LogP contribution in [-0.2, 0) is 37.0 Å². The molecule has 2 heterocycles. The molecule has 20 heteroatoms. The Bertz CT molecular complexity index is 2490. The second-order valence-electron chi connectivity index (χ2n) is 11.2. The first-order valence-electron chi connectivity index (χ1n) is 15.0. The fourth-order valence-electron chi connectivity index (χ4n) is 4.54. The molecule has 0 fully saturated rings. The summed E-state index contributed by atoms with van der Waals surface area (Å²) in [5.74, 6) is -1.20. The van der Waals surface area contributed by atoms with Crippen molar-refractivity contribution in [2.45, 2.75) is 23.6 Å². The van der Waals surface area contributed by atoms with Gasteiger partial charge in [0.1, 0.15) is 11.4 Å². The predicted molar refractivity (Wildman–Crippen MR) is 187 cm³/mol. The minimum atomic E-state index is -3.49. The number of para-hydroxylation sites is 2. The normalized spacial score (nSPS) is 11.5. The predicted octanol–water partition coefficient (Wildman–Crippen LogP) is 0.993. The monoisotopic (exact) mass is 815 g/mol. The maximum atomic E-state index is 12.5. The third kappa shape index (κ3) is 10.2. The van der Waals surface area contributed by atoms with Gasteiger partial charge in [0.15, 0.2) is 19.7 Å². The molecule has 0 aliphatic rings. The molecule has 271 valence electrons.